The van der Waals surface area contributed by atoms with Crippen LogP contribution in [0.2, 0.25) is 0 Å². The Hall–Kier alpha value is -3.02. The fourth-order valence-electron chi connectivity index (χ4n) is 2.81. The summed E-state index contributed by atoms with van der Waals surface area (Å²) in [6, 6.07) is 13.7. The van der Waals surface area contributed by atoms with Crippen molar-refractivity contribution in [3.8, 4) is 11.5 Å². The number of amides is 2. The predicted octanol–water partition coefficient (Wildman–Crippen LogP) is 2.84. The summed E-state index contributed by atoms with van der Waals surface area (Å²) in [6.45, 7) is 2.32. The van der Waals surface area contributed by atoms with Crippen LogP contribution in [-0.4, -0.2) is 31.6 Å². The molecule has 1 saturated heterocycles. The van der Waals surface area contributed by atoms with Crippen molar-refractivity contribution in [3.63, 3.8) is 0 Å². The topological polar surface area (TPSA) is 67.9 Å². The van der Waals surface area contributed by atoms with Gasteiger partial charge in [-0.1, -0.05) is 12.1 Å². The van der Waals surface area contributed by atoms with Crippen molar-refractivity contribution in [2.24, 2.45) is 0 Å². The zero-order valence-electron chi connectivity index (χ0n) is 14.2. The average Bonchev–Trinajstić information content (AvgIpc) is 2.90. The highest BCUT2D eigenvalue weighted by Crippen LogP contribution is 2.33. The summed E-state index contributed by atoms with van der Waals surface area (Å²) in [6.07, 6.45) is 0.103. The van der Waals surface area contributed by atoms with E-state index in [1.54, 1.807) is 37.4 Å². The Morgan fingerprint density at radius 2 is 1.84 bits per heavy atom. The third-order valence-electron chi connectivity index (χ3n) is 3.98. The van der Waals surface area contributed by atoms with E-state index in [9.17, 15) is 9.59 Å². The number of methoxy groups -OCH3 is 1. The number of hydrogen-bond acceptors (Lipinski definition) is 5. The number of hydrogen-bond donors (Lipinski definition) is 1. The van der Waals surface area contributed by atoms with Crippen molar-refractivity contribution < 1.29 is 19.1 Å². The number of ether oxygens (including phenoxy) is 2. The zero-order valence-corrected chi connectivity index (χ0v) is 14.2. The summed E-state index contributed by atoms with van der Waals surface area (Å²) in [5.41, 5.74) is 1.24. The molecular formula is C19H20N2O4. The van der Waals surface area contributed by atoms with Crippen LogP contribution in [0, 0.1) is 0 Å². The standard InChI is InChI=1S/C19H20N2O4/c1-3-25-17-7-5-4-6-16(17)21-18(22)12-15(19(21)23)20-13-8-10-14(24-2)11-9-13/h4-11,15,20H,3,12H2,1-2H3/t15-/m0/s1. The summed E-state index contributed by atoms with van der Waals surface area (Å²) >= 11 is 0. The molecule has 0 saturated carbocycles. The Morgan fingerprint density at radius 1 is 1.12 bits per heavy atom. The highest BCUT2D eigenvalue weighted by Gasteiger charge is 2.40. The van der Waals surface area contributed by atoms with E-state index >= 15 is 0 Å². The third-order valence-corrected chi connectivity index (χ3v) is 3.98. The van der Waals surface area contributed by atoms with Crippen molar-refractivity contribution in [1.82, 2.24) is 0 Å². The summed E-state index contributed by atoms with van der Waals surface area (Å²) in [5.74, 6) is 0.722. The van der Waals surface area contributed by atoms with Gasteiger partial charge in [-0.25, -0.2) is 4.90 Å². The molecule has 2 amide bonds. The average molecular weight is 340 g/mol. The lowest BCUT2D eigenvalue weighted by Crippen LogP contribution is -2.35. The van der Waals surface area contributed by atoms with Gasteiger partial charge in [0.05, 0.1) is 25.8 Å². The second-order valence-corrected chi connectivity index (χ2v) is 5.60. The van der Waals surface area contributed by atoms with E-state index in [1.165, 1.54) is 4.90 Å². The second kappa shape index (κ2) is 7.25. The SMILES string of the molecule is CCOc1ccccc1N1C(=O)C[C@H](Nc2ccc(OC)cc2)C1=O. The van der Waals surface area contributed by atoms with E-state index in [4.69, 9.17) is 9.47 Å². The lowest BCUT2D eigenvalue weighted by Gasteiger charge is -2.19. The van der Waals surface area contributed by atoms with E-state index in [2.05, 4.69) is 5.32 Å². The number of carbonyl (C=O) groups is 2. The molecule has 130 valence electrons. The Bertz CT molecular complexity index is 773. The van der Waals surface area contributed by atoms with Crippen LogP contribution in [0.1, 0.15) is 13.3 Å². The quantitative estimate of drug-likeness (QED) is 0.819. The summed E-state index contributed by atoms with van der Waals surface area (Å²) in [4.78, 5) is 26.4. The molecule has 1 atom stereocenters. The van der Waals surface area contributed by atoms with Gasteiger partial charge in [-0.3, -0.25) is 9.59 Å². The maximum Gasteiger partial charge on any atom is 0.256 e. The van der Waals surface area contributed by atoms with Crippen molar-refractivity contribution in [1.29, 1.82) is 0 Å². The van der Waals surface area contributed by atoms with Gasteiger partial charge >= 0.3 is 0 Å². The molecule has 1 heterocycles. The van der Waals surface area contributed by atoms with Crippen LogP contribution in [0.4, 0.5) is 11.4 Å². The van der Waals surface area contributed by atoms with Gasteiger partial charge in [0.25, 0.3) is 5.91 Å². The van der Waals surface area contributed by atoms with Gasteiger partial charge in [-0.15, -0.1) is 0 Å². The molecule has 2 aromatic rings. The maximum absolute atomic E-state index is 12.8. The van der Waals surface area contributed by atoms with E-state index in [0.717, 1.165) is 11.4 Å². The van der Waals surface area contributed by atoms with Crippen LogP contribution in [0.5, 0.6) is 11.5 Å². The van der Waals surface area contributed by atoms with Gasteiger partial charge in [-0.05, 0) is 43.3 Å². The molecule has 6 nitrogen and oxygen atoms in total. The van der Waals surface area contributed by atoms with Crippen LogP contribution in [0.15, 0.2) is 48.5 Å². The summed E-state index contributed by atoms with van der Waals surface area (Å²) < 4.78 is 10.7. The van der Waals surface area contributed by atoms with Crippen LogP contribution in [0.3, 0.4) is 0 Å². The number of anilines is 2. The molecule has 6 heteroatoms. The van der Waals surface area contributed by atoms with E-state index < -0.39 is 6.04 Å². The highest BCUT2D eigenvalue weighted by molar-refractivity contribution is 6.23. The minimum Gasteiger partial charge on any atom is -0.497 e. The number of rotatable bonds is 6. The van der Waals surface area contributed by atoms with Gasteiger partial charge in [0.1, 0.15) is 17.5 Å². The molecule has 1 aliphatic rings. The number of nitrogens with one attached hydrogen (secondary N) is 1. The highest BCUT2D eigenvalue weighted by atomic mass is 16.5. The first-order valence-corrected chi connectivity index (χ1v) is 8.13. The third kappa shape index (κ3) is 3.42. The minimum atomic E-state index is -0.601. The smallest absolute Gasteiger partial charge is 0.256 e. The molecule has 25 heavy (non-hydrogen) atoms. The van der Waals surface area contributed by atoms with Crippen molar-refractivity contribution >= 4 is 23.2 Å². The van der Waals surface area contributed by atoms with Crippen LogP contribution in [-0.2, 0) is 9.59 Å². The lowest BCUT2D eigenvalue weighted by molar-refractivity contribution is -0.121. The van der Waals surface area contributed by atoms with Crippen molar-refractivity contribution in [2.75, 3.05) is 23.9 Å². The first-order valence-electron chi connectivity index (χ1n) is 8.13. The molecule has 1 N–H and O–H groups in total. The van der Waals surface area contributed by atoms with Crippen LogP contribution in [0.25, 0.3) is 0 Å². The van der Waals surface area contributed by atoms with Gasteiger partial charge in [0, 0.05) is 5.69 Å². The molecule has 0 radical (unpaired) electrons. The lowest BCUT2D eigenvalue weighted by atomic mass is 10.2. The van der Waals surface area contributed by atoms with Crippen molar-refractivity contribution in [2.45, 2.75) is 19.4 Å². The zero-order chi connectivity index (χ0) is 17.8. The maximum atomic E-state index is 12.8. The van der Waals surface area contributed by atoms with Crippen LogP contribution < -0.4 is 19.7 Å². The molecule has 0 aliphatic carbocycles. The number of imide groups is 1. The van der Waals surface area contributed by atoms with Gasteiger partial charge in [0.15, 0.2) is 0 Å². The molecule has 0 aromatic heterocycles. The number of nitrogens with zero attached hydrogens (tertiary/aromatic N) is 1. The van der Waals surface area contributed by atoms with Crippen molar-refractivity contribution in [3.05, 3.63) is 48.5 Å². The van der Waals surface area contributed by atoms with E-state index in [0.29, 0.717) is 18.0 Å². The number of benzene rings is 2. The molecular weight excluding hydrogens is 320 g/mol. The first kappa shape index (κ1) is 16.8. The molecule has 0 spiro atoms. The Labute approximate surface area is 146 Å². The Balaban J connectivity index is 1.80. The minimum absolute atomic E-state index is 0.103. The fourth-order valence-corrected chi connectivity index (χ4v) is 2.81. The summed E-state index contributed by atoms with van der Waals surface area (Å²) in [7, 11) is 1.59. The summed E-state index contributed by atoms with van der Waals surface area (Å²) in [5, 5.41) is 3.12. The molecule has 1 aliphatic heterocycles. The first-order chi connectivity index (χ1) is 12.1. The monoisotopic (exact) mass is 340 g/mol. The fraction of sp³-hybridized carbons (Fsp3) is 0.263. The Morgan fingerprint density at radius 3 is 2.52 bits per heavy atom. The molecule has 0 bridgehead atoms. The Kier molecular flexibility index (Phi) is 4.88. The normalized spacial score (nSPS) is 16.9. The van der Waals surface area contributed by atoms with Gasteiger partial charge in [-0.2, -0.15) is 0 Å². The largest absolute Gasteiger partial charge is 0.497 e. The molecule has 2 aromatic carbocycles. The predicted molar refractivity (Wildman–Crippen MR) is 95.1 cm³/mol. The number of carbonyl (C=O) groups excluding carboxylic acids is 2. The number of para-hydroxylation sites is 2. The van der Waals surface area contributed by atoms with Gasteiger partial charge < -0.3 is 14.8 Å². The molecule has 1 fully saturated rings. The second-order valence-electron chi connectivity index (χ2n) is 5.60. The van der Waals surface area contributed by atoms with Crippen LogP contribution >= 0.6 is 0 Å². The molecule has 0 unspecified atom stereocenters. The van der Waals surface area contributed by atoms with E-state index in [1.807, 2.05) is 25.1 Å². The van der Waals surface area contributed by atoms with E-state index in [-0.39, 0.29) is 18.2 Å². The van der Waals surface area contributed by atoms with Gasteiger partial charge in [0.2, 0.25) is 5.91 Å². The molecule has 3 rings (SSSR count).